The van der Waals surface area contributed by atoms with Crippen LogP contribution in [0.1, 0.15) is 99.5 Å². The van der Waals surface area contributed by atoms with Crippen molar-refractivity contribution in [1.82, 2.24) is 0 Å². The highest BCUT2D eigenvalue weighted by atomic mass is 15.1. The van der Waals surface area contributed by atoms with E-state index in [2.05, 4.69) is 317 Å². The van der Waals surface area contributed by atoms with Gasteiger partial charge in [-0.05, 0) is 204 Å². The predicted octanol–water partition coefficient (Wildman–Crippen LogP) is 20.9. The third-order valence-corrected chi connectivity index (χ3v) is 20.2. The molecule has 0 fully saturated rings. The quantitative estimate of drug-likeness (QED) is 0.157. The molecule has 12 aromatic carbocycles. The zero-order valence-electron chi connectivity index (χ0n) is 48.1. The fourth-order valence-corrected chi connectivity index (χ4v) is 16.8. The Kier molecular flexibility index (Phi) is 10.3. The highest BCUT2D eigenvalue weighted by Crippen LogP contribution is 2.66. The lowest BCUT2D eigenvalue weighted by Gasteiger charge is -2.33. The van der Waals surface area contributed by atoms with Crippen molar-refractivity contribution >= 4 is 34.1 Å². The van der Waals surface area contributed by atoms with Gasteiger partial charge in [-0.25, -0.2) is 0 Å². The maximum absolute atomic E-state index is 2.53. The maximum atomic E-state index is 2.53. The molecule has 2 heteroatoms. The fraction of sp³-hybridized carbons (Fsp3) is 0.122. The van der Waals surface area contributed by atoms with E-state index in [0.29, 0.717) is 0 Å². The van der Waals surface area contributed by atoms with E-state index in [9.17, 15) is 0 Å². The Bertz CT molecular complexity index is 4600. The Morgan fingerprint density at radius 1 is 0.250 bits per heavy atom. The normalized spacial score (nSPS) is 16.7. The van der Waals surface area contributed by atoms with Crippen LogP contribution in [0.5, 0.6) is 0 Å². The van der Waals surface area contributed by atoms with E-state index >= 15 is 0 Å². The lowest BCUT2D eigenvalue weighted by Crippen LogP contribution is -2.26. The molecule has 0 saturated heterocycles. The molecule has 84 heavy (non-hydrogen) atoms. The van der Waals surface area contributed by atoms with Crippen molar-refractivity contribution in [3.05, 3.63) is 345 Å². The minimum absolute atomic E-state index is 0.135. The third-order valence-electron chi connectivity index (χ3n) is 20.2. The number of fused-ring (bicyclic) bond motifs is 21. The molecule has 1 unspecified atom stereocenters. The molecule has 17 rings (SSSR count). The van der Waals surface area contributed by atoms with Crippen molar-refractivity contribution in [3.63, 3.8) is 0 Å². The second-order valence-corrected chi connectivity index (χ2v) is 25.2. The third kappa shape index (κ3) is 6.51. The summed E-state index contributed by atoms with van der Waals surface area (Å²) in [6.07, 6.45) is 0.966. The summed E-state index contributed by atoms with van der Waals surface area (Å²) in [5.41, 5.74) is 33.4. The first kappa shape index (κ1) is 48.9. The molecule has 1 atom stereocenters. The van der Waals surface area contributed by atoms with E-state index < -0.39 is 10.8 Å². The Morgan fingerprint density at radius 2 is 0.560 bits per heavy atom. The smallest absolute Gasteiger partial charge is 0.0726 e. The molecule has 5 aliphatic rings. The molecule has 0 heterocycles. The van der Waals surface area contributed by atoms with Gasteiger partial charge in [-0.1, -0.05) is 232 Å². The Balaban J connectivity index is 0.800. The molecule has 2 nitrogen and oxygen atoms in total. The molecule has 2 spiro atoms. The van der Waals surface area contributed by atoms with Gasteiger partial charge >= 0.3 is 0 Å². The van der Waals surface area contributed by atoms with Crippen LogP contribution < -0.4 is 9.80 Å². The van der Waals surface area contributed by atoms with Crippen LogP contribution in [0.3, 0.4) is 0 Å². The summed E-state index contributed by atoms with van der Waals surface area (Å²) in [5, 5.41) is 0. The van der Waals surface area contributed by atoms with Crippen molar-refractivity contribution in [1.29, 1.82) is 0 Å². The van der Waals surface area contributed by atoms with Gasteiger partial charge in [-0.3, -0.25) is 0 Å². The maximum Gasteiger partial charge on any atom is 0.0726 e. The Morgan fingerprint density at radius 3 is 0.940 bits per heavy atom. The van der Waals surface area contributed by atoms with Crippen LogP contribution in [-0.4, -0.2) is 0 Å². The molecule has 0 radical (unpaired) electrons. The van der Waals surface area contributed by atoms with E-state index in [1.165, 1.54) is 117 Å². The van der Waals surface area contributed by atoms with Crippen molar-refractivity contribution < 1.29 is 0 Å². The van der Waals surface area contributed by atoms with Gasteiger partial charge < -0.3 is 9.80 Å². The Hall–Kier alpha value is -9.76. The second-order valence-electron chi connectivity index (χ2n) is 25.2. The van der Waals surface area contributed by atoms with Gasteiger partial charge in [0.05, 0.1) is 10.8 Å². The molecule has 0 bridgehead atoms. The molecule has 0 aromatic heterocycles. The lowest BCUT2D eigenvalue weighted by atomic mass is 9.70. The number of hydrogen-bond acceptors (Lipinski definition) is 2. The van der Waals surface area contributed by atoms with Crippen molar-refractivity contribution in [2.24, 2.45) is 0 Å². The van der Waals surface area contributed by atoms with Crippen LogP contribution in [-0.2, 0) is 21.7 Å². The fourth-order valence-electron chi connectivity index (χ4n) is 16.8. The van der Waals surface area contributed by atoms with E-state index in [-0.39, 0.29) is 10.8 Å². The van der Waals surface area contributed by atoms with Gasteiger partial charge in [0.25, 0.3) is 0 Å². The number of benzene rings is 12. The zero-order chi connectivity index (χ0) is 56.3. The van der Waals surface area contributed by atoms with Crippen LogP contribution in [0.2, 0.25) is 0 Å². The van der Waals surface area contributed by atoms with Crippen molar-refractivity contribution in [2.75, 3.05) is 9.80 Å². The molecule has 400 valence electrons. The SMILES string of the molecule is Cc1ccc(N(c2cccc(C3(C)CC(C)(C)c4cc(N(c5ccc(C)cc5)c5ccc6c(c5)C5(c7ccccc7-c7ccccc75)c5ccccc5-6)ccc43)c2)c2ccc3c(c2)C2(c4ccccc4-c4ccccc42)c2ccccc2-3)cc1. The largest absolute Gasteiger partial charge is 0.310 e. The van der Waals surface area contributed by atoms with E-state index in [1.807, 2.05) is 0 Å². The summed E-state index contributed by atoms with van der Waals surface area (Å²) in [7, 11) is 0. The van der Waals surface area contributed by atoms with Gasteiger partial charge in [0.1, 0.15) is 0 Å². The van der Waals surface area contributed by atoms with E-state index in [1.54, 1.807) is 0 Å². The predicted molar refractivity (Wildman–Crippen MR) is 348 cm³/mol. The first-order valence-electron chi connectivity index (χ1n) is 29.9. The average Bonchev–Trinajstić information content (AvgIpc) is 1.70. The number of rotatable bonds is 7. The Labute approximate surface area is 493 Å². The van der Waals surface area contributed by atoms with E-state index in [0.717, 1.165) is 40.5 Å². The van der Waals surface area contributed by atoms with Crippen LogP contribution in [0.4, 0.5) is 34.1 Å². The van der Waals surface area contributed by atoms with Crippen molar-refractivity contribution in [3.8, 4) is 44.5 Å². The van der Waals surface area contributed by atoms with Gasteiger partial charge in [-0.15, -0.1) is 0 Å². The first-order chi connectivity index (χ1) is 41.1. The van der Waals surface area contributed by atoms with Gasteiger partial charge in [-0.2, -0.15) is 0 Å². The molecule has 0 amide bonds. The molecule has 12 aromatic rings. The van der Waals surface area contributed by atoms with Crippen LogP contribution >= 0.6 is 0 Å². The van der Waals surface area contributed by atoms with Gasteiger partial charge in [0.2, 0.25) is 0 Å². The van der Waals surface area contributed by atoms with Crippen LogP contribution in [0.25, 0.3) is 44.5 Å². The summed E-state index contributed by atoms with van der Waals surface area (Å²) in [4.78, 5) is 5.01. The van der Waals surface area contributed by atoms with Crippen molar-refractivity contribution in [2.45, 2.75) is 62.7 Å². The lowest BCUT2D eigenvalue weighted by molar-refractivity contribution is 0.425. The molecule has 0 aliphatic heterocycles. The standard InChI is InChI=1S/C82H62N2/c1-52-33-37-55(38-34-52)83(58-41-44-67-65-25-10-16-31-73(65)81(76(67)48-58)69-27-12-6-21-61(69)62-22-7-13-28-70(62)81)57-20-18-19-54(47-57)80(5)51-79(3,4)78-50-60(43-46-75(78)80)84(56-39-35-53(2)36-40-56)59-42-45-68-66-26-11-17-32-74(66)82(77(68)49-59)71-29-14-8-23-63(71)64-24-9-15-30-72(64)82/h6-50H,51H2,1-5H3. The highest BCUT2D eigenvalue weighted by Gasteiger charge is 2.54. The summed E-state index contributed by atoms with van der Waals surface area (Å²) in [6, 6.07) is 104. The van der Waals surface area contributed by atoms with Gasteiger partial charge in [0.15, 0.2) is 0 Å². The molecular weight excluding hydrogens is 1010 g/mol. The average molecular weight is 1080 g/mol. The number of hydrogen-bond donors (Lipinski definition) is 0. The zero-order valence-corrected chi connectivity index (χ0v) is 48.1. The summed E-state index contributed by atoms with van der Waals surface area (Å²) in [5.74, 6) is 0. The second kappa shape index (κ2) is 17.6. The molecule has 0 saturated carbocycles. The number of anilines is 6. The highest BCUT2D eigenvalue weighted by molar-refractivity contribution is 5.98. The number of aryl methyl sites for hydroxylation is 2. The minimum Gasteiger partial charge on any atom is -0.310 e. The van der Waals surface area contributed by atoms with Crippen LogP contribution in [0.15, 0.2) is 273 Å². The minimum atomic E-state index is -0.445. The first-order valence-corrected chi connectivity index (χ1v) is 29.9. The summed E-state index contributed by atoms with van der Waals surface area (Å²) in [6.45, 7) is 11.8. The molecular formula is C82H62N2. The van der Waals surface area contributed by atoms with Crippen LogP contribution in [0, 0.1) is 13.8 Å². The summed E-state index contributed by atoms with van der Waals surface area (Å²) < 4.78 is 0. The molecule has 0 N–H and O–H groups in total. The number of nitrogens with zero attached hydrogens (tertiary/aromatic N) is 2. The van der Waals surface area contributed by atoms with Gasteiger partial charge in [0, 0.05) is 39.5 Å². The summed E-state index contributed by atoms with van der Waals surface area (Å²) >= 11 is 0. The monoisotopic (exact) mass is 1070 g/mol. The topological polar surface area (TPSA) is 6.48 Å². The van der Waals surface area contributed by atoms with E-state index in [4.69, 9.17) is 0 Å². The molecule has 5 aliphatic carbocycles.